The molecule has 1 amide bonds. The summed E-state index contributed by atoms with van der Waals surface area (Å²) in [6.45, 7) is 2.47. The zero-order valence-corrected chi connectivity index (χ0v) is 11.2. The van der Waals surface area contributed by atoms with Crippen LogP contribution in [0.2, 0.25) is 0 Å². The molecule has 0 aromatic rings. The summed E-state index contributed by atoms with van der Waals surface area (Å²) in [6, 6.07) is 0.518. The fraction of sp³-hybridized carbons (Fsp3) is 0.909. The van der Waals surface area contributed by atoms with E-state index in [-0.39, 0.29) is 5.91 Å². The van der Waals surface area contributed by atoms with Crippen LogP contribution in [0.3, 0.4) is 0 Å². The van der Waals surface area contributed by atoms with Gasteiger partial charge in [-0.3, -0.25) is 4.79 Å². The predicted octanol–water partition coefficient (Wildman–Crippen LogP) is 1.05. The molecule has 2 rings (SSSR count). The van der Waals surface area contributed by atoms with E-state index in [9.17, 15) is 4.79 Å². The summed E-state index contributed by atoms with van der Waals surface area (Å²) in [5.41, 5.74) is 0. The molecule has 2 fully saturated rings. The lowest BCUT2D eigenvalue weighted by Gasteiger charge is -2.19. The summed E-state index contributed by atoms with van der Waals surface area (Å²) in [5, 5.41) is 3.41. The molecule has 0 saturated carbocycles. The second-order valence-corrected chi connectivity index (χ2v) is 6.62. The van der Waals surface area contributed by atoms with Gasteiger partial charge in [0.2, 0.25) is 5.91 Å². The molecule has 0 atom stereocenters. The van der Waals surface area contributed by atoms with Gasteiger partial charge in [-0.1, -0.05) is 0 Å². The molecule has 92 valence electrons. The first-order valence-corrected chi connectivity index (χ1v) is 8.34. The summed E-state index contributed by atoms with van der Waals surface area (Å²) >= 11 is 4.00. The summed E-state index contributed by atoms with van der Waals surface area (Å²) in [4.78, 5) is 13.8. The maximum absolute atomic E-state index is 11.8. The monoisotopic (exact) mass is 260 g/mol. The second-order valence-electron chi connectivity index (χ2n) is 4.32. The molecule has 2 aliphatic rings. The second kappa shape index (κ2) is 6.77. The predicted molar refractivity (Wildman–Crippen MR) is 72.3 cm³/mol. The van der Waals surface area contributed by atoms with Crippen molar-refractivity contribution in [3.63, 3.8) is 0 Å². The third-order valence-corrected chi connectivity index (χ3v) is 5.53. The van der Waals surface area contributed by atoms with Crippen LogP contribution in [-0.2, 0) is 4.79 Å². The minimum absolute atomic E-state index is 0.289. The summed E-state index contributed by atoms with van der Waals surface area (Å²) < 4.78 is 0. The van der Waals surface area contributed by atoms with Gasteiger partial charge in [0, 0.05) is 42.1 Å². The standard InChI is InChI=1S/C11H20N2OS2/c14-11(13-3-1-2-4-13)7-12-10-8-15-5-6-16-9-10/h10,12H,1-9H2. The van der Waals surface area contributed by atoms with E-state index in [2.05, 4.69) is 5.32 Å². The average Bonchev–Trinajstić information content (AvgIpc) is 2.71. The molecule has 2 heterocycles. The highest BCUT2D eigenvalue weighted by Crippen LogP contribution is 2.16. The molecule has 5 heteroatoms. The van der Waals surface area contributed by atoms with Crippen LogP contribution in [0.4, 0.5) is 0 Å². The van der Waals surface area contributed by atoms with Crippen molar-refractivity contribution in [1.82, 2.24) is 10.2 Å². The van der Waals surface area contributed by atoms with Gasteiger partial charge in [-0.05, 0) is 12.8 Å². The van der Waals surface area contributed by atoms with E-state index in [1.807, 2.05) is 28.4 Å². The van der Waals surface area contributed by atoms with E-state index in [1.165, 1.54) is 24.3 Å². The Hall–Kier alpha value is 0.130. The molecule has 0 radical (unpaired) electrons. The lowest BCUT2D eigenvalue weighted by atomic mass is 10.3. The number of hydrogen-bond donors (Lipinski definition) is 1. The van der Waals surface area contributed by atoms with Crippen LogP contribution in [0.1, 0.15) is 12.8 Å². The number of hydrogen-bond acceptors (Lipinski definition) is 4. The smallest absolute Gasteiger partial charge is 0.236 e. The normalized spacial score (nSPS) is 23.4. The van der Waals surface area contributed by atoms with Gasteiger partial charge in [0.05, 0.1) is 6.54 Å². The first-order chi connectivity index (χ1) is 7.86. The molecule has 3 nitrogen and oxygen atoms in total. The van der Waals surface area contributed by atoms with Crippen molar-refractivity contribution in [2.75, 3.05) is 42.6 Å². The molecule has 0 aromatic carbocycles. The number of rotatable bonds is 3. The Kier molecular flexibility index (Phi) is 5.32. The van der Waals surface area contributed by atoms with Crippen LogP contribution in [0.5, 0.6) is 0 Å². The Morgan fingerprint density at radius 1 is 1.19 bits per heavy atom. The zero-order chi connectivity index (χ0) is 11.2. The summed E-state index contributed by atoms with van der Waals surface area (Å²) in [5.74, 6) is 5.10. The van der Waals surface area contributed by atoms with Crippen molar-refractivity contribution in [2.24, 2.45) is 0 Å². The Morgan fingerprint density at radius 3 is 2.44 bits per heavy atom. The summed E-state index contributed by atoms with van der Waals surface area (Å²) in [7, 11) is 0. The minimum Gasteiger partial charge on any atom is -0.342 e. The van der Waals surface area contributed by atoms with Crippen LogP contribution < -0.4 is 5.32 Å². The lowest BCUT2D eigenvalue weighted by Crippen LogP contribution is -2.42. The number of thioether (sulfide) groups is 2. The summed E-state index contributed by atoms with van der Waals surface area (Å²) in [6.07, 6.45) is 2.36. The largest absolute Gasteiger partial charge is 0.342 e. The van der Waals surface area contributed by atoms with Gasteiger partial charge in [0.15, 0.2) is 0 Å². The van der Waals surface area contributed by atoms with Crippen LogP contribution in [0.15, 0.2) is 0 Å². The van der Waals surface area contributed by atoms with Crippen LogP contribution >= 0.6 is 23.5 Å². The fourth-order valence-corrected chi connectivity index (χ4v) is 4.51. The minimum atomic E-state index is 0.289. The van der Waals surface area contributed by atoms with E-state index in [0.29, 0.717) is 12.6 Å². The first-order valence-electron chi connectivity index (χ1n) is 6.03. The number of amides is 1. The van der Waals surface area contributed by atoms with Crippen molar-refractivity contribution in [2.45, 2.75) is 18.9 Å². The van der Waals surface area contributed by atoms with E-state index in [4.69, 9.17) is 0 Å². The molecule has 0 unspecified atom stereocenters. The van der Waals surface area contributed by atoms with Gasteiger partial charge in [0.1, 0.15) is 0 Å². The number of carbonyl (C=O) groups is 1. The zero-order valence-electron chi connectivity index (χ0n) is 9.61. The first kappa shape index (κ1) is 12.6. The van der Waals surface area contributed by atoms with Gasteiger partial charge in [0.25, 0.3) is 0 Å². The molecular weight excluding hydrogens is 240 g/mol. The average molecular weight is 260 g/mol. The molecule has 2 saturated heterocycles. The van der Waals surface area contributed by atoms with E-state index >= 15 is 0 Å². The maximum atomic E-state index is 11.8. The Bertz CT molecular complexity index is 224. The highest BCUT2D eigenvalue weighted by Gasteiger charge is 2.19. The van der Waals surface area contributed by atoms with Crippen molar-refractivity contribution < 1.29 is 4.79 Å². The Labute approximate surface area is 106 Å². The van der Waals surface area contributed by atoms with Gasteiger partial charge < -0.3 is 10.2 Å². The quantitative estimate of drug-likeness (QED) is 0.822. The third kappa shape index (κ3) is 3.86. The van der Waals surface area contributed by atoms with Crippen molar-refractivity contribution in [3.8, 4) is 0 Å². The Morgan fingerprint density at radius 2 is 1.81 bits per heavy atom. The molecule has 2 aliphatic heterocycles. The van der Waals surface area contributed by atoms with Crippen molar-refractivity contribution >= 4 is 29.4 Å². The fourth-order valence-electron chi connectivity index (χ4n) is 2.04. The third-order valence-electron chi connectivity index (χ3n) is 3.01. The van der Waals surface area contributed by atoms with E-state index in [1.54, 1.807) is 0 Å². The number of nitrogens with zero attached hydrogens (tertiary/aromatic N) is 1. The highest BCUT2D eigenvalue weighted by molar-refractivity contribution is 8.03. The molecule has 0 bridgehead atoms. The highest BCUT2D eigenvalue weighted by atomic mass is 32.2. The molecule has 0 aromatic heterocycles. The van der Waals surface area contributed by atoms with Gasteiger partial charge in [-0.2, -0.15) is 23.5 Å². The SMILES string of the molecule is O=C(CNC1CSCCSC1)N1CCCC1. The van der Waals surface area contributed by atoms with E-state index in [0.717, 1.165) is 24.6 Å². The molecule has 16 heavy (non-hydrogen) atoms. The molecular formula is C11H20N2OS2. The van der Waals surface area contributed by atoms with Gasteiger partial charge >= 0.3 is 0 Å². The Balaban J connectivity index is 1.67. The molecule has 0 spiro atoms. The molecule has 1 N–H and O–H groups in total. The van der Waals surface area contributed by atoms with Crippen LogP contribution in [-0.4, -0.2) is 59.5 Å². The van der Waals surface area contributed by atoms with Gasteiger partial charge in [-0.25, -0.2) is 0 Å². The number of nitrogens with one attached hydrogen (secondary N) is 1. The number of likely N-dealkylation sites (tertiary alicyclic amines) is 1. The topological polar surface area (TPSA) is 32.3 Å². The van der Waals surface area contributed by atoms with Crippen molar-refractivity contribution in [3.05, 3.63) is 0 Å². The number of carbonyl (C=O) groups excluding carboxylic acids is 1. The lowest BCUT2D eigenvalue weighted by molar-refractivity contribution is -0.129. The van der Waals surface area contributed by atoms with E-state index < -0.39 is 0 Å². The van der Waals surface area contributed by atoms with Crippen molar-refractivity contribution in [1.29, 1.82) is 0 Å². The molecule has 0 aliphatic carbocycles. The van der Waals surface area contributed by atoms with Gasteiger partial charge in [-0.15, -0.1) is 0 Å². The maximum Gasteiger partial charge on any atom is 0.236 e. The van der Waals surface area contributed by atoms with Crippen LogP contribution in [0, 0.1) is 0 Å². The van der Waals surface area contributed by atoms with Crippen LogP contribution in [0.25, 0.3) is 0 Å².